The van der Waals surface area contributed by atoms with E-state index in [2.05, 4.69) is 12.0 Å². The summed E-state index contributed by atoms with van der Waals surface area (Å²) in [5.41, 5.74) is -0.556. The second-order valence-corrected chi connectivity index (χ2v) is 5.32. The van der Waals surface area contributed by atoms with Gasteiger partial charge in [0, 0.05) is 19.7 Å². The molecule has 0 aromatic carbocycles. The molecule has 1 heterocycles. The molecule has 1 aromatic heterocycles. The quantitative estimate of drug-likeness (QED) is 0.838. The van der Waals surface area contributed by atoms with Crippen LogP contribution in [0.4, 0.5) is 5.69 Å². The average molecular weight is 267 g/mol. The van der Waals surface area contributed by atoms with Crippen LogP contribution in [0.25, 0.3) is 0 Å². The fraction of sp³-hybridized carbons (Fsp3) is 0.615. The number of carbonyl (C=O) groups is 1. The van der Waals surface area contributed by atoms with Crippen LogP contribution in [-0.2, 0) is 11.3 Å². The predicted molar refractivity (Wildman–Crippen MR) is 73.5 cm³/mol. The highest BCUT2D eigenvalue weighted by Crippen LogP contribution is 2.17. The zero-order valence-electron chi connectivity index (χ0n) is 11.9. The standard InChI is InChI=1S/C13H21N3O3/c1-5-6-15(4)10-7-11(17)16(14-8-10)9-13(2,3)12(18)19/h7-8H,5-6,9H2,1-4H3,(H,18,19). The van der Waals surface area contributed by atoms with Gasteiger partial charge in [-0.25, -0.2) is 4.68 Å². The number of hydrogen-bond donors (Lipinski definition) is 1. The molecule has 0 aliphatic carbocycles. The number of rotatable bonds is 6. The molecule has 0 radical (unpaired) electrons. The lowest BCUT2D eigenvalue weighted by molar-refractivity contribution is -0.147. The summed E-state index contributed by atoms with van der Waals surface area (Å²) in [5, 5.41) is 13.1. The molecule has 0 spiro atoms. The molecule has 0 aliphatic heterocycles. The molecule has 1 N–H and O–H groups in total. The third-order valence-corrected chi connectivity index (χ3v) is 2.98. The van der Waals surface area contributed by atoms with Crippen LogP contribution in [0.1, 0.15) is 27.2 Å². The monoisotopic (exact) mass is 267 g/mol. The number of nitrogens with zero attached hydrogens (tertiary/aromatic N) is 3. The smallest absolute Gasteiger partial charge is 0.310 e. The van der Waals surface area contributed by atoms with E-state index < -0.39 is 11.4 Å². The van der Waals surface area contributed by atoms with E-state index in [-0.39, 0.29) is 12.1 Å². The van der Waals surface area contributed by atoms with Crippen molar-refractivity contribution in [2.24, 2.45) is 5.41 Å². The summed E-state index contributed by atoms with van der Waals surface area (Å²) >= 11 is 0. The van der Waals surface area contributed by atoms with Crippen molar-refractivity contribution in [1.82, 2.24) is 9.78 Å². The maximum atomic E-state index is 11.9. The van der Waals surface area contributed by atoms with E-state index in [1.165, 1.54) is 10.7 Å². The van der Waals surface area contributed by atoms with E-state index in [1.54, 1.807) is 20.0 Å². The van der Waals surface area contributed by atoms with Gasteiger partial charge in [0.2, 0.25) is 0 Å². The number of anilines is 1. The average Bonchev–Trinajstić information content (AvgIpc) is 2.31. The lowest BCUT2D eigenvalue weighted by Gasteiger charge is -2.21. The van der Waals surface area contributed by atoms with Crippen molar-refractivity contribution in [2.45, 2.75) is 33.7 Å². The highest BCUT2D eigenvalue weighted by Gasteiger charge is 2.28. The van der Waals surface area contributed by atoms with Crippen LogP contribution in [0.3, 0.4) is 0 Å². The van der Waals surface area contributed by atoms with E-state index in [1.807, 2.05) is 11.9 Å². The maximum Gasteiger partial charge on any atom is 0.310 e. The number of aliphatic carboxylic acids is 1. The van der Waals surface area contributed by atoms with Crippen LogP contribution >= 0.6 is 0 Å². The van der Waals surface area contributed by atoms with Gasteiger partial charge in [-0.3, -0.25) is 9.59 Å². The van der Waals surface area contributed by atoms with Crippen molar-refractivity contribution in [3.8, 4) is 0 Å². The number of carboxylic acids is 1. The molecule has 1 aromatic rings. The van der Waals surface area contributed by atoms with Crippen molar-refractivity contribution in [2.75, 3.05) is 18.5 Å². The topological polar surface area (TPSA) is 75.4 Å². The van der Waals surface area contributed by atoms with Crippen molar-refractivity contribution in [3.05, 3.63) is 22.6 Å². The Labute approximate surface area is 112 Å². The SMILES string of the molecule is CCCN(C)c1cnn(CC(C)(C)C(=O)O)c(=O)c1. The zero-order chi connectivity index (χ0) is 14.6. The highest BCUT2D eigenvalue weighted by atomic mass is 16.4. The van der Waals surface area contributed by atoms with Crippen LogP contribution in [0.2, 0.25) is 0 Å². The molecule has 1 rings (SSSR count). The molecule has 0 atom stereocenters. The lowest BCUT2D eigenvalue weighted by atomic mass is 9.94. The molecular weight excluding hydrogens is 246 g/mol. The summed E-state index contributed by atoms with van der Waals surface area (Å²) in [4.78, 5) is 24.9. The molecule has 0 bridgehead atoms. The van der Waals surface area contributed by atoms with Crippen LogP contribution in [0, 0.1) is 5.41 Å². The Balaban J connectivity index is 2.96. The molecule has 0 fully saturated rings. The van der Waals surface area contributed by atoms with Gasteiger partial charge in [0.15, 0.2) is 0 Å². The van der Waals surface area contributed by atoms with Gasteiger partial charge in [-0.2, -0.15) is 5.10 Å². The molecule has 19 heavy (non-hydrogen) atoms. The maximum absolute atomic E-state index is 11.9. The van der Waals surface area contributed by atoms with Gasteiger partial charge < -0.3 is 10.0 Å². The second kappa shape index (κ2) is 5.86. The van der Waals surface area contributed by atoms with E-state index >= 15 is 0 Å². The van der Waals surface area contributed by atoms with Crippen molar-refractivity contribution < 1.29 is 9.90 Å². The van der Waals surface area contributed by atoms with Crippen LogP contribution in [0.15, 0.2) is 17.1 Å². The largest absolute Gasteiger partial charge is 0.481 e. The van der Waals surface area contributed by atoms with Gasteiger partial charge in [0.25, 0.3) is 5.56 Å². The Bertz CT molecular complexity index is 508. The minimum atomic E-state index is -1.02. The third-order valence-electron chi connectivity index (χ3n) is 2.98. The first kappa shape index (κ1) is 15.2. The van der Waals surface area contributed by atoms with E-state index in [0.29, 0.717) is 0 Å². The summed E-state index contributed by atoms with van der Waals surface area (Å²) in [6.45, 7) is 6.09. The first-order valence-corrected chi connectivity index (χ1v) is 6.29. The van der Waals surface area contributed by atoms with Gasteiger partial charge in [-0.15, -0.1) is 0 Å². The van der Waals surface area contributed by atoms with E-state index in [0.717, 1.165) is 18.7 Å². The Kier molecular flexibility index (Phi) is 4.69. The normalized spacial score (nSPS) is 11.4. The summed E-state index contributed by atoms with van der Waals surface area (Å²) in [7, 11) is 1.89. The summed E-state index contributed by atoms with van der Waals surface area (Å²) in [6, 6.07) is 1.49. The van der Waals surface area contributed by atoms with Gasteiger partial charge >= 0.3 is 5.97 Å². The first-order chi connectivity index (χ1) is 8.77. The molecule has 0 amide bonds. The number of aromatic nitrogens is 2. The number of hydrogen-bond acceptors (Lipinski definition) is 4. The lowest BCUT2D eigenvalue weighted by Crippen LogP contribution is -2.35. The van der Waals surface area contributed by atoms with Crippen LogP contribution in [-0.4, -0.2) is 34.4 Å². The number of carboxylic acid groups (broad SMARTS) is 1. The zero-order valence-corrected chi connectivity index (χ0v) is 11.9. The molecule has 106 valence electrons. The Morgan fingerprint density at radius 2 is 2.16 bits per heavy atom. The summed E-state index contributed by atoms with van der Waals surface area (Å²) < 4.78 is 1.19. The minimum Gasteiger partial charge on any atom is -0.481 e. The fourth-order valence-electron chi connectivity index (χ4n) is 1.66. The Morgan fingerprint density at radius 3 is 2.63 bits per heavy atom. The molecule has 0 saturated heterocycles. The Hall–Kier alpha value is -1.85. The third kappa shape index (κ3) is 3.81. The molecule has 0 aliphatic rings. The van der Waals surface area contributed by atoms with Crippen molar-refractivity contribution >= 4 is 11.7 Å². The molecular formula is C13H21N3O3. The van der Waals surface area contributed by atoms with Gasteiger partial charge in [-0.1, -0.05) is 6.92 Å². The first-order valence-electron chi connectivity index (χ1n) is 6.29. The Morgan fingerprint density at radius 1 is 1.53 bits per heavy atom. The fourth-order valence-corrected chi connectivity index (χ4v) is 1.66. The summed E-state index contributed by atoms with van der Waals surface area (Å²) in [5.74, 6) is -0.951. The highest BCUT2D eigenvalue weighted by molar-refractivity contribution is 5.73. The van der Waals surface area contributed by atoms with E-state index in [9.17, 15) is 9.59 Å². The minimum absolute atomic E-state index is 0.0545. The second-order valence-electron chi connectivity index (χ2n) is 5.32. The van der Waals surface area contributed by atoms with Crippen LogP contribution < -0.4 is 10.5 Å². The van der Waals surface area contributed by atoms with E-state index in [4.69, 9.17) is 5.11 Å². The van der Waals surface area contributed by atoms with Gasteiger partial charge in [0.05, 0.1) is 23.8 Å². The van der Waals surface area contributed by atoms with Crippen molar-refractivity contribution in [3.63, 3.8) is 0 Å². The predicted octanol–water partition coefficient (Wildman–Crippen LogP) is 1.20. The van der Waals surface area contributed by atoms with Gasteiger partial charge in [-0.05, 0) is 20.3 Å². The van der Waals surface area contributed by atoms with Crippen LogP contribution in [0.5, 0.6) is 0 Å². The molecule has 0 saturated carbocycles. The molecule has 0 unspecified atom stereocenters. The molecule has 6 heteroatoms. The summed E-state index contributed by atoms with van der Waals surface area (Å²) in [6.07, 6.45) is 2.57. The molecule has 6 nitrogen and oxygen atoms in total. The van der Waals surface area contributed by atoms with Crippen molar-refractivity contribution in [1.29, 1.82) is 0 Å². The van der Waals surface area contributed by atoms with Gasteiger partial charge in [0.1, 0.15) is 0 Å².